The van der Waals surface area contributed by atoms with E-state index in [1.807, 2.05) is 0 Å². The van der Waals surface area contributed by atoms with E-state index in [-0.39, 0.29) is 85.8 Å². The van der Waals surface area contributed by atoms with Gasteiger partial charge >= 0.3 is 25.7 Å². The van der Waals surface area contributed by atoms with E-state index in [1.165, 1.54) is 17.0 Å². The fourth-order valence-electron chi connectivity index (χ4n) is 10.7. The van der Waals surface area contributed by atoms with Crippen LogP contribution in [0.2, 0.25) is 0 Å². The molecule has 12 amide bonds. The first-order valence-electron chi connectivity index (χ1n) is 33.3. The molecule has 0 aromatic heterocycles. The Labute approximate surface area is 592 Å². The molecule has 568 valence electrons. The molecule has 1 aliphatic heterocycles. The Morgan fingerprint density at radius 1 is 0.515 bits per heavy atom. The van der Waals surface area contributed by atoms with Crippen molar-refractivity contribution in [3.63, 3.8) is 0 Å². The van der Waals surface area contributed by atoms with Crippen molar-refractivity contribution in [3.05, 3.63) is 29.8 Å². The minimum absolute atomic E-state index is 0.00851. The topological polar surface area (TPSA) is 559 Å². The number of carbonyl (C=O) groups is 15. The summed E-state index contributed by atoms with van der Waals surface area (Å²) in [5.41, 5.74) is 11.3. The highest BCUT2D eigenvalue weighted by Crippen LogP contribution is 2.37. The molecular formula is C64H104N13O22PS. The van der Waals surface area contributed by atoms with Crippen LogP contribution >= 0.6 is 20.5 Å². The Morgan fingerprint density at radius 2 is 0.901 bits per heavy atom. The number of hydrogen-bond acceptors (Lipinski definition) is 19. The van der Waals surface area contributed by atoms with Crippen molar-refractivity contribution in [1.29, 1.82) is 0 Å². The number of carboxylic acid groups (broad SMARTS) is 3. The fraction of sp³-hybridized carbons (Fsp3) is 0.672. The van der Waals surface area contributed by atoms with Gasteiger partial charge in [0.25, 0.3) is 0 Å². The number of aliphatic carboxylic acids is 3. The average Bonchev–Trinajstić information content (AvgIpc) is 1.75. The first kappa shape index (κ1) is 88.6. The van der Waals surface area contributed by atoms with Crippen molar-refractivity contribution in [2.75, 3.05) is 12.3 Å². The summed E-state index contributed by atoms with van der Waals surface area (Å²) in [5, 5.41) is 54.0. The van der Waals surface area contributed by atoms with Crippen molar-refractivity contribution in [2.24, 2.45) is 47.0 Å². The number of amides is 12. The molecule has 19 N–H and O–H groups in total. The molecule has 1 fully saturated rings. The second-order valence-corrected chi connectivity index (χ2v) is 28.9. The molecule has 2 rings (SSSR count). The van der Waals surface area contributed by atoms with Gasteiger partial charge in [0.2, 0.25) is 70.9 Å². The Balaban J connectivity index is 2.59. The zero-order valence-electron chi connectivity index (χ0n) is 59.1. The van der Waals surface area contributed by atoms with Crippen LogP contribution in [0.5, 0.6) is 5.75 Å². The predicted molar refractivity (Wildman–Crippen MR) is 367 cm³/mol. The second-order valence-electron chi connectivity index (χ2n) is 27.4. The average molecular weight is 1470 g/mol. The Morgan fingerprint density at radius 3 is 1.31 bits per heavy atom. The van der Waals surface area contributed by atoms with Gasteiger partial charge in [0.15, 0.2) is 0 Å². The number of primary amides is 1. The van der Waals surface area contributed by atoms with Crippen LogP contribution in [0.1, 0.15) is 153 Å². The summed E-state index contributed by atoms with van der Waals surface area (Å²) in [7, 11) is -5.06. The van der Waals surface area contributed by atoms with E-state index >= 15 is 0 Å². The number of nitrogens with zero attached hydrogens (tertiary/aromatic N) is 1. The molecule has 0 bridgehead atoms. The number of likely N-dealkylation sites (tertiary alicyclic amines) is 1. The highest BCUT2D eigenvalue weighted by atomic mass is 32.1. The van der Waals surface area contributed by atoms with Gasteiger partial charge in [-0.2, -0.15) is 12.6 Å². The third-order valence-electron chi connectivity index (χ3n) is 15.7. The Bertz CT molecular complexity index is 3130. The molecule has 37 heteroatoms. The summed E-state index contributed by atoms with van der Waals surface area (Å²) in [6, 6.07) is -13.0. The van der Waals surface area contributed by atoms with Crippen LogP contribution in [-0.2, 0) is 82.9 Å². The molecular weight excluding hydrogens is 1370 g/mol. The molecule has 101 heavy (non-hydrogen) atoms. The third-order valence-corrected chi connectivity index (χ3v) is 16.6. The summed E-state index contributed by atoms with van der Waals surface area (Å²) in [5.74, 6) is -18.8. The minimum atomic E-state index is -5.06. The van der Waals surface area contributed by atoms with Crippen LogP contribution in [-0.4, -0.2) is 204 Å². The fourth-order valence-corrected chi connectivity index (χ4v) is 11.3. The summed E-state index contributed by atoms with van der Waals surface area (Å²) in [6.45, 7) is 20.0. The quantitative estimate of drug-likeness (QED) is 0.0264. The lowest BCUT2D eigenvalue weighted by Crippen LogP contribution is -2.62. The molecule has 12 unspecified atom stereocenters. The standard InChI is InChI=1S/C64H104N13O22PS/c1-30(2)22-40(54(84)67-39(64(94)95)19-20-49(79)80)69-55(85)41(23-31(3)4)70-56(86)42(24-32(5)6)71-59(89)46(28-50(81)82)73-58(88)44(26-36-15-17-37(18-16-36)99-100(96,97)98)72-57(87)43(25-33(7)8)74-61(91)47-14-13-21-77(47)63(93)52(35(11)12)76-62(92)51(34(9)10)75-60(90)45(27-48(66)78)68-53(83)38(65)29-101/h15-18,30-35,38-47,51-52,101H,13-14,19-29,65H2,1-12H3,(H2,66,78)(H,67,84)(H,68,83)(H,69,85)(H,70,86)(H,71,89)(H,72,87)(H,73,88)(H,74,91)(H,75,90)(H,76,92)(H,79,80)(H,81,82)(H,94,95)(H2,96,97,98). The van der Waals surface area contributed by atoms with Crippen molar-refractivity contribution in [1.82, 2.24) is 58.1 Å². The summed E-state index contributed by atoms with van der Waals surface area (Å²) in [4.78, 5) is 223. The van der Waals surface area contributed by atoms with Crippen molar-refractivity contribution in [2.45, 2.75) is 226 Å². The van der Waals surface area contributed by atoms with Crippen molar-refractivity contribution >= 4 is 109 Å². The van der Waals surface area contributed by atoms with Crippen LogP contribution in [0.3, 0.4) is 0 Å². The predicted octanol–water partition coefficient (Wildman–Crippen LogP) is -1.41. The maximum Gasteiger partial charge on any atom is 0.524 e. The minimum Gasteiger partial charge on any atom is -0.481 e. The molecule has 35 nitrogen and oxygen atoms in total. The number of carboxylic acids is 3. The van der Waals surface area contributed by atoms with E-state index in [9.17, 15) is 96.5 Å². The van der Waals surface area contributed by atoms with Gasteiger partial charge < -0.3 is 89.4 Å². The van der Waals surface area contributed by atoms with Gasteiger partial charge in [-0.1, -0.05) is 95.2 Å². The lowest BCUT2D eigenvalue weighted by molar-refractivity contribution is -0.144. The van der Waals surface area contributed by atoms with Gasteiger partial charge in [-0.05, 0) is 98.1 Å². The van der Waals surface area contributed by atoms with E-state index in [0.29, 0.717) is 0 Å². The maximum atomic E-state index is 14.7. The largest absolute Gasteiger partial charge is 0.524 e. The number of carbonyl (C=O) groups excluding carboxylic acids is 12. The number of phosphoric ester groups is 1. The van der Waals surface area contributed by atoms with Crippen LogP contribution < -0.4 is 69.2 Å². The Kier molecular flexibility index (Phi) is 36.9. The molecule has 1 aliphatic rings. The Hall–Kier alpha value is -8.47. The molecule has 0 radical (unpaired) electrons. The SMILES string of the molecule is CC(C)CC(NC(=O)C(CC(C)C)NC(=O)C(CC(C)C)NC(=O)C(CC(=O)O)NC(=O)C(Cc1ccc(OP(=O)(O)O)cc1)NC(=O)C(CC(C)C)NC(=O)C1CCCN1C(=O)C(NC(=O)C(NC(=O)C(CC(N)=O)NC(=O)C(N)CS)C(C)C)C(C)C)C(=O)NC(CCC(=O)O)C(=O)O. The van der Waals surface area contributed by atoms with Gasteiger partial charge in [0.1, 0.15) is 72.2 Å². The monoisotopic (exact) mass is 1470 g/mol. The lowest BCUT2D eigenvalue weighted by atomic mass is 9.98. The smallest absolute Gasteiger partial charge is 0.481 e. The number of rotatable bonds is 44. The second kappa shape index (κ2) is 42.1. The highest BCUT2D eigenvalue weighted by Gasteiger charge is 2.43. The summed E-state index contributed by atoms with van der Waals surface area (Å²) < 4.78 is 16.3. The zero-order chi connectivity index (χ0) is 77.1. The van der Waals surface area contributed by atoms with Gasteiger partial charge in [-0.3, -0.25) is 76.9 Å². The van der Waals surface area contributed by atoms with E-state index in [1.54, 1.807) is 83.1 Å². The lowest BCUT2D eigenvalue weighted by Gasteiger charge is -2.33. The van der Waals surface area contributed by atoms with E-state index in [4.69, 9.17) is 16.6 Å². The summed E-state index contributed by atoms with van der Waals surface area (Å²) in [6.07, 6.45) is -3.29. The van der Waals surface area contributed by atoms with Gasteiger partial charge in [0, 0.05) is 25.1 Å². The normalized spacial score (nSPS) is 16.4. The van der Waals surface area contributed by atoms with Gasteiger partial charge in [-0.15, -0.1) is 0 Å². The molecule has 1 saturated heterocycles. The van der Waals surface area contributed by atoms with Crippen LogP contribution in [0, 0.1) is 35.5 Å². The van der Waals surface area contributed by atoms with E-state index < -0.39 is 213 Å². The molecule has 0 aliphatic carbocycles. The number of benzene rings is 1. The van der Waals surface area contributed by atoms with E-state index in [2.05, 4.69) is 70.3 Å². The van der Waals surface area contributed by atoms with E-state index in [0.717, 1.165) is 12.1 Å². The maximum absolute atomic E-state index is 14.7. The van der Waals surface area contributed by atoms with Gasteiger partial charge in [0.05, 0.1) is 18.9 Å². The highest BCUT2D eigenvalue weighted by molar-refractivity contribution is 7.80. The molecule has 1 aromatic carbocycles. The molecule has 1 heterocycles. The molecule has 0 spiro atoms. The van der Waals surface area contributed by atoms with Crippen LogP contribution in [0.4, 0.5) is 0 Å². The first-order chi connectivity index (χ1) is 46.8. The molecule has 12 atom stereocenters. The number of nitrogens with one attached hydrogen (secondary N) is 10. The molecule has 0 saturated carbocycles. The number of thiol groups is 1. The third kappa shape index (κ3) is 32.0. The van der Waals surface area contributed by atoms with Crippen molar-refractivity contribution in [3.8, 4) is 5.75 Å². The summed E-state index contributed by atoms with van der Waals surface area (Å²) >= 11 is 3.98. The number of phosphoric acid groups is 1. The number of nitrogens with two attached hydrogens (primary N) is 2. The number of hydrogen-bond donors (Lipinski definition) is 18. The first-order valence-corrected chi connectivity index (χ1v) is 35.5. The van der Waals surface area contributed by atoms with Crippen LogP contribution in [0.15, 0.2) is 24.3 Å². The van der Waals surface area contributed by atoms with Crippen LogP contribution in [0.25, 0.3) is 0 Å². The van der Waals surface area contributed by atoms with Gasteiger partial charge in [-0.25, -0.2) is 9.36 Å². The zero-order valence-corrected chi connectivity index (χ0v) is 60.9. The van der Waals surface area contributed by atoms with Crippen molar-refractivity contribution < 1.29 is 106 Å². The molecule has 1 aromatic rings.